The first-order chi connectivity index (χ1) is 10.0. The summed E-state index contributed by atoms with van der Waals surface area (Å²) in [6, 6.07) is 11.6. The Morgan fingerprint density at radius 3 is 2.00 bits per heavy atom. The summed E-state index contributed by atoms with van der Waals surface area (Å²) in [5, 5.41) is 10.7. The fourth-order valence-electron chi connectivity index (χ4n) is 2.05. The van der Waals surface area contributed by atoms with E-state index in [9.17, 15) is 13.9 Å². The fourth-order valence-corrected chi connectivity index (χ4v) is 2.05. The predicted octanol–water partition coefficient (Wildman–Crippen LogP) is 4.44. The molecule has 2 aromatic carbocycles. The van der Waals surface area contributed by atoms with E-state index in [2.05, 4.69) is 6.58 Å². The Bertz CT molecular complexity index is 629. The molecule has 0 aliphatic heterocycles. The number of halogens is 2. The molecule has 21 heavy (non-hydrogen) atoms. The average Bonchev–Trinajstić information content (AvgIpc) is 2.48. The van der Waals surface area contributed by atoms with Gasteiger partial charge in [0.05, 0.1) is 0 Å². The van der Waals surface area contributed by atoms with Crippen molar-refractivity contribution in [2.75, 3.05) is 0 Å². The van der Waals surface area contributed by atoms with Gasteiger partial charge in [0.15, 0.2) is 0 Å². The molecule has 0 aliphatic carbocycles. The lowest BCUT2D eigenvalue weighted by Gasteiger charge is -2.23. The third kappa shape index (κ3) is 3.86. The molecule has 0 saturated heterocycles. The zero-order chi connectivity index (χ0) is 15.3. The van der Waals surface area contributed by atoms with E-state index in [0.29, 0.717) is 5.56 Å². The van der Waals surface area contributed by atoms with Gasteiger partial charge < -0.3 is 5.11 Å². The smallest absolute Gasteiger partial charge is 0.123 e. The van der Waals surface area contributed by atoms with Gasteiger partial charge in [0.2, 0.25) is 0 Å². The second-order valence-electron chi connectivity index (χ2n) is 4.81. The molecule has 0 fully saturated rings. The first-order valence-corrected chi connectivity index (χ1v) is 6.58. The molecule has 0 spiro atoms. The maximum absolute atomic E-state index is 13.0. The average molecular weight is 286 g/mol. The molecule has 1 unspecified atom stereocenters. The topological polar surface area (TPSA) is 20.2 Å². The van der Waals surface area contributed by atoms with Crippen LogP contribution in [0, 0.1) is 11.6 Å². The van der Waals surface area contributed by atoms with Gasteiger partial charge in [0, 0.05) is 6.42 Å². The zero-order valence-electron chi connectivity index (χ0n) is 11.5. The Hall–Kier alpha value is -2.26. The molecular weight excluding hydrogens is 270 g/mol. The van der Waals surface area contributed by atoms with Gasteiger partial charge in [0.1, 0.15) is 17.2 Å². The van der Waals surface area contributed by atoms with Gasteiger partial charge in [-0.25, -0.2) is 8.78 Å². The summed E-state index contributed by atoms with van der Waals surface area (Å²) >= 11 is 0. The SMILES string of the molecule is C=CCC(O)(/C=C/c1ccc(F)cc1)c1ccc(F)cc1. The summed E-state index contributed by atoms with van der Waals surface area (Å²) in [4.78, 5) is 0. The van der Waals surface area contributed by atoms with Crippen molar-refractivity contribution in [1.29, 1.82) is 0 Å². The van der Waals surface area contributed by atoms with Crippen LogP contribution >= 0.6 is 0 Å². The molecule has 0 amide bonds. The van der Waals surface area contributed by atoms with E-state index in [1.165, 1.54) is 36.4 Å². The molecule has 0 aliphatic rings. The molecule has 1 N–H and O–H groups in total. The molecule has 1 nitrogen and oxygen atoms in total. The van der Waals surface area contributed by atoms with Crippen molar-refractivity contribution in [3.63, 3.8) is 0 Å². The Morgan fingerprint density at radius 2 is 1.48 bits per heavy atom. The van der Waals surface area contributed by atoms with E-state index >= 15 is 0 Å². The van der Waals surface area contributed by atoms with Crippen LogP contribution in [0.1, 0.15) is 17.5 Å². The van der Waals surface area contributed by atoms with Crippen molar-refractivity contribution in [1.82, 2.24) is 0 Å². The first kappa shape index (κ1) is 15.1. The van der Waals surface area contributed by atoms with Crippen LogP contribution in [0.3, 0.4) is 0 Å². The Labute approximate surface area is 122 Å². The summed E-state index contributed by atoms with van der Waals surface area (Å²) in [5.41, 5.74) is 0.0623. The molecule has 1 atom stereocenters. The lowest BCUT2D eigenvalue weighted by Crippen LogP contribution is -2.21. The zero-order valence-corrected chi connectivity index (χ0v) is 11.5. The van der Waals surface area contributed by atoms with Gasteiger partial charge in [-0.1, -0.05) is 36.4 Å². The maximum atomic E-state index is 13.0. The number of aliphatic hydroxyl groups is 1. The summed E-state index contributed by atoms with van der Waals surface area (Å²) in [6.07, 6.45) is 5.19. The van der Waals surface area contributed by atoms with Gasteiger partial charge in [-0.3, -0.25) is 0 Å². The van der Waals surface area contributed by atoms with Crippen molar-refractivity contribution < 1.29 is 13.9 Å². The highest BCUT2D eigenvalue weighted by Crippen LogP contribution is 2.28. The third-order valence-electron chi connectivity index (χ3n) is 3.22. The summed E-state index contributed by atoms with van der Waals surface area (Å²) < 4.78 is 25.9. The van der Waals surface area contributed by atoms with Gasteiger partial charge in [-0.15, -0.1) is 6.58 Å². The normalized spacial score (nSPS) is 14.0. The van der Waals surface area contributed by atoms with E-state index in [-0.39, 0.29) is 18.1 Å². The molecule has 0 saturated carbocycles. The molecule has 2 rings (SSSR count). The number of hydrogen-bond donors (Lipinski definition) is 1. The quantitative estimate of drug-likeness (QED) is 0.806. The van der Waals surface area contributed by atoms with E-state index in [1.807, 2.05) is 0 Å². The highest BCUT2D eigenvalue weighted by atomic mass is 19.1. The van der Waals surface area contributed by atoms with Crippen LogP contribution in [-0.2, 0) is 5.60 Å². The molecule has 3 heteroatoms. The summed E-state index contributed by atoms with van der Waals surface area (Å²) in [5.74, 6) is -0.672. The van der Waals surface area contributed by atoms with Crippen LogP contribution in [0.4, 0.5) is 8.78 Å². The molecule has 108 valence electrons. The van der Waals surface area contributed by atoms with Gasteiger partial charge >= 0.3 is 0 Å². The summed E-state index contributed by atoms with van der Waals surface area (Å²) in [7, 11) is 0. The van der Waals surface area contributed by atoms with E-state index < -0.39 is 5.60 Å². The van der Waals surface area contributed by atoms with Gasteiger partial charge in [0.25, 0.3) is 0 Å². The van der Waals surface area contributed by atoms with Crippen LogP contribution in [0.15, 0.2) is 67.3 Å². The van der Waals surface area contributed by atoms with Crippen molar-refractivity contribution in [3.05, 3.63) is 90.0 Å². The van der Waals surface area contributed by atoms with Crippen LogP contribution in [-0.4, -0.2) is 5.11 Å². The van der Waals surface area contributed by atoms with Gasteiger partial charge in [-0.2, -0.15) is 0 Å². The molecule has 0 bridgehead atoms. The molecular formula is C18H16F2O. The minimum Gasteiger partial charge on any atom is -0.381 e. The number of benzene rings is 2. The van der Waals surface area contributed by atoms with Crippen molar-refractivity contribution in [3.8, 4) is 0 Å². The maximum Gasteiger partial charge on any atom is 0.123 e. The van der Waals surface area contributed by atoms with Crippen LogP contribution in [0.5, 0.6) is 0 Å². The standard InChI is InChI=1S/C18H16F2O/c1-2-12-18(21,15-5-9-17(20)10-6-15)13-11-14-3-7-16(19)8-4-14/h2-11,13,21H,1,12H2/b13-11+. The minimum absolute atomic E-state index is 0.288. The molecule has 0 heterocycles. The van der Waals surface area contributed by atoms with E-state index in [1.54, 1.807) is 30.4 Å². The second-order valence-corrected chi connectivity index (χ2v) is 4.81. The highest BCUT2D eigenvalue weighted by molar-refractivity contribution is 5.51. The monoisotopic (exact) mass is 286 g/mol. The Kier molecular flexibility index (Phi) is 4.66. The Balaban J connectivity index is 2.31. The van der Waals surface area contributed by atoms with Crippen LogP contribution in [0.2, 0.25) is 0 Å². The first-order valence-electron chi connectivity index (χ1n) is 6.58. The van der Waals surface area contributed by atoms with Crippen molar-refractivity contribution >= 4 is 6.08 Å². The number of rotatable bonds is 5. The van der Waals surface area contributed by atoms with Crippen LogP contribution < -0.4 is 0 Å². The third-order valence-corrected chi connectivity index (χ3v) is 3.22. The molecule has 0 aromatic heterocycles. The molecule has 2 aromatic rings. The lowest BCUT2D eigenvalue weighted by molar-refractivity contribution is 0.0938. The van der Waals surface area contributed by atoms with Crippen molar-refractivity contribution in [2.45, 2.75) is 12.0 Å². The summed E-state index contributed by atoms with van der Waals surface area (Å²) in [6.45, 7) is 3.64. The Morgan fingerprint density at radius 1 is 0.952 bits per heavy atom. The van der Waals surface area contributed by atoms with Gasteiger partial charge in [-0.05, 0) is 41.5 Å². The second kappa shape index (κ2) is 6.46. The largest absolute Gasteiger partial charge is 0.381 e. The van der Waals surface area contributed by atoms with Crippen LogP contribution in [0.25, 0.3) is 6.08 Å². The van der Waals surface area contributed by atoms with E-state index in [0.717, 1.165) is 5.56 Å². The highest BCUT2D eigenvalue weighted by Gasteiger charge is 2.24. The predicted molar refractivity (Wildman–Crippen MR) is 80.5 cm³/mol. The fraction of sp³-hybridized carbons (Fsp3) is 0.111. The minimum atomic E-state index is -1.27. The van der Waals surface area contributed by atoms with Crippen molar-refractivity contribution in [2.24, 2.45) is 0 Å². The molecule has 0 radical (unpaired) electrons. The van der Waals surface area contributed by atoms with E-state index in [4.69, 9.17) is 0 Å². The lowest BCUT2D eigenvalue weighted by atomic mass is 9.89. The number of hydrogen-bond acceptors (Lipinski definition) is 1.